The van der Waals surface area contributed by atoms with Gasteiger partial charge in [-0.3, -0.25) is 0 Å². The van der Waals surface area contributed by atoms with E-state index in [0.717, 1.165) is 61.0 Å². The standard InChI is InChI=1S/C35H50ClNO7/c1-6-10-19-40-31-32(41-20-11-7-2)34(24-37-38-5)25-43-35(44-34,33(31)42-21-12-8-3)28-15-18-30(36)27(23-28)22-26-13-16-29(17-14-26)39-9-4/h13-18,23-24,31-33H,6-12,19-22,25H2,1-5H3/b37-24+/t31-,32-,33+,34-,35-/m0/s1. The zero-order valence-corrected chi connectivity index (χ0v) is 27.8. The first-order chi connectivity index (χ1) is 21.5. The highest BCUT2D eigenvalue weighted by molar-refractivity contribution is 6.31. The van der Waals surface area contributed by atoms with Crippen LogP contribution in [0.4, 0.5) is 0 Å². The van der Waals surface area contributed by atoms with Crippen LogP contribution in [-0.4, -0.2) is 70.3 Å². The SMILES string of the molecule is CCCCO[C@@H]1[C@@H](OCCCC)[C@@]2(c3ccc(Cl)c(Cc4ccc(OCC)cc4)c3)OC[C@](/C=N/OC)(O2)[C@H]1OCCCC. The van der Waals surface area contributed by atoms with E-state index in [4.69, 9.17) is 44.9 Å². The molecule has 9 heteroatoms. The van der Waals surface area contributed by atoms with Gasteiger partial charge in [0.25, 0.3) is 0 Å². The molecule has 44 heavy (non-hydrogen) atoms. The molecule has 0 saturated carbocycles. The summed E-state index contributed by atoms with van der Waals surface area (Å²) in [5, 5.41) is 4.84. The van der Waals surface area contributed by atoms with Crippen molar-refractivity contribution in [1.29, 1.82) is 0 Å². The van der Waals surface area contributed by atoms with Crippen LogP contribution in [0.1, 0.15) is 82.9 Å². The Bertz CT molecular complexity index is 1180. The lowest BCUT2D eigenvalue weighted by Crippen LogP contribution is -2.67. The first-order valence-corrected chi connectivity index (χ1v) is 16.6. The molecule has 2 aliphatic rings. The van der Waals surface area contributed by atoms with Gasteiger partial charge in [-0.05, 0) is 68.0 Å². The van der Waals surface area contributed by atoms with E-state index < -0.39 is 29.7 Å². The fourth-order valence-corrected chi connectivity index (χ4v) is 5.97. The Labute approximate surface area is 268 Å². The predicted molar refractivity (Wildman–Crippen MR) is 173 cm³/mol. The minimum atomic E-state index is -1.27. The van der Waals surface area contributed by atoms with Crippen molar-refractivity contribution < 1.29 is 33.3 Å². The lowest BCUT2D eigenvalue weighted by Gasteiger charge is -2.50. The number of rotatable bonds is 19. The molecule has 0 unspecified atom stereocenters. The van der Waals surface area contributed by atoms with Crippen molar-refractivity contribution in [3.63, 3.8) is 0 Å². The summed E-state index contributed by atoms with van der Waals surface area (Å²) in [6, 6.07) is 14.0. The van der Waals surface area contributed by atoms with Crippen LogP contribution in [0.2, 0.25) is 5.02 Å². The van der Waals surface area contributed by atoms with Gasteiger partial charge in [0.1, 0.15) is 31.2 Å². The minimum absolute atomic E-state index is 0.203. The average molecular weight is 632 g/mol. The third-order valence-electron chi connectivity index (χ3n) is 8.16. The molecule has 0 radical (unpaired) electrons. The number of nitrogens with zero attached hydrogens (tertiary/aromatic N) is 1. The fraction of sp³-hybridized carbons (Fsp3) is 0.629. The number of unbranched alkanes of at least 4 members (excludes halogenated alkanes) is 3. The van der Waals surface area contributed by atoms with Gasteiger partial charge in [-0.1, -0.05) is 75.0 Å². The number of halogens is 1. The van der Waals surface area contributed by atoms with Crippen molar-refractivity contribution in [3.8, 4) is 5.75 Å². The summed E-state index contributed by atoms with van der Waals surface area (Å²) in [5.74, 6) is -0.427. The largest absolute Gasteiger partial charge is 0.494 e. The second-order valence-electron chi connectivity index (χ2n) is 11.5. The van der Waals surface area contributed by atoms with E-state index in [9.17, 15) is 0 Å². The van der Waals surface area contributed by atoms with Gasteiger partial charge >= 0.3 is 0 Å². The molecule has 0 aliphatic carbocycles. The molecule has 0 N–H and O–H groups in total. The Hall–Kier alpha value is -2.20. The summed E-state index contributed by atoms with van der Waals surface area (Å²) in [5.41, 5.74) is 1.84. The van der Waals surface area contributed by atoms with E-state index in [1.807, 2.05) is 31.2 Å². The molecule has 0 aromatic heterocycles. The molecule has 2 heterocycles. The van der Waals surface area contributed by atoms with Crippen LogP contribution in [0, 0.1) is 0 Å². The highest BCUT2D eigenvalue weighted by Crippen LogP contribution is 2.52. The second-order valence-corrected chi connectivity index (χ2v) is 11.9. The maximum atomic E-state index is 7.03. The molecule has 244 valence electrons. The number of fused-ring (bicyclic) bond motifs is 2. The number of hydrogen-bond acceptors (Lipinski definition) is 8. The molecule has 0 spiro atoms. The molecule has 5 atom stereocenters. The Balaban J connectivity index is 1.77. The van der Waals surface area contributed by atoms with Crippen molar-refractivity contribution in [3.05, 3.63) is 64.2 Å². The molecular weight excluding hydrogens is 582 g/mol. The quantitative estimate of drug-likeness (QED) is 0.0904. The van der Waals surface area contributed by atoms with Gasteiger partial charge in [0.2, 0.25) is 5.79 Å². The maximum absolute atomic E-state index is 7.03. The zero-order chi connectivity index (χ0) is 31.4. The van der Waals surface area contributed by atoms with Gasteiger partial charge in [0.05, 0.1) is 19.4 Å². The lowest BCUT2D eigenvalue weighted by atomic mass is 9.83. The lowest BCUT2D eigenvalue weighted by molar-refractivity contribution is -0.333. The van der Waals surface area contributed by atoms with Crippen molar-refractivity contribution >= 4 is 17.8 Å². The Morgan fingerprint density at radius 3 is 2.18 bits per heavy atom. The highest BCUT2D eigenvalue weighted by atomic mass is 35.5. The van der Waals surface area contributed by atoms with E-state index in [0.29, 0.717) is 37.9 Å². The van der Waals surface area contributed by atoms with E-state index in [1.54, 1.807) is 6.21 Å². The average Bonchev–Trinajstić information content (AvgIpc) is 3.39. The van der Waals surface area contributed by atoms with Gasteiger partial charge < -0.3 is 33.3 Å². The van der Waals surface area contributed by atoms with Crippen molar-refractivity contribution in [1.82, 2.24) is 0 Å². The highest BCUT2D eigenvalue weighted by Gasteiger charge is 2.69. The summed E-state index contributed by atoms with van der Waals surface area (Å²) in [6.45, 7) is 10.9. The van der Waals surface area contributed by atoms with Gasteiger partial charge in [-0.2, -0.15) is 0 Å². The van der Waals surface area contributed by atoms with Crippen LogP contribution in [0.5, 0.6) is 5.75 Å². The molecule has 2 aromatic rings. The van der Waals surface area contributed by atoms with Gasteiger partial charge in [0.15, 0.2) is 5.60 Å². The first kappa shape index (κ1) is 34.7. The van der Waals surface area contributed by atoms with E-state index in [2.05, 4.69) is 44.1 Å². The monoisotopic (exact) mass is 631 g/mol. The summed E-state index contributed by atoms with van der Waals surface area (Å²) in [6.07, 6.45) is 6.46. The Morgan fingerprint density at radius 1 is 0.886 bits per heavy atom. The summed E-state index contributed by atoms with van der Waals surface area (Å²) < 4.78 is 39.3. The molecule has 4 rings (SSSR count). The summed E-state index contributed by atoms with van der Waals surface area (Å²) >= 11 is 6.79. The van der Waals surface area contributed by atoms with E-state index in [1.165, 1.54) is 7.11 Å². The van der Waals surface area contributed by atoms with Gasteiger partial charge in [0, 0.05) is 30.4 Å². The maximum Gasteiger partial charge on any atom is 0.226 e. The van der Waals surface area contributed by atoms with E-state index in [-0.39, 0.29) is 6.61 Å². The van der Waals surface area contributed by atoms with E-state index >= 15 is 0 Å². The Morgan fingerprint density at radius 2 is 1.55 bits per heavy atom. The number of benzene rings is 2. The fourth-order valence-electron chi connectivity index (χ4n) is 5.79. The number of ether oxygens (including phenoxy) is 6. The topological polar surface area (TPSA) is 77.0 Å². The molecule has 2 fully saturated rings. The van der Waals surface area contributed by atoms with Crippen molar-refractivity contribution in [2.24, 2.45) is 5.16 Å². The molecular formula is C35H50ClNO7. The molecule has 0 amide bonds. The molecule has 8 nitrogen and oxygen atoms in total. The smallest absolute Gasteiger partial charge is 0.226 e. The van der Waals surface area contributed by atoms with Crippen LogP contribution in [0.15, 0.2) is 47.6 Å². The zero-order valence-electron chi connectivity index (χ0n) is 27.0. The predicted octanol–water partition coefficient (Wildman–Crippen LogP) is 7.47. The molecule has 2 aliphatic heterocycles. The van der Waals surface area contributed by atoms with Crippen LogP contribution < -0.4 is 4.74 Å². The Kier molecular flexibility index (Phi) is 13.3. The van der Waals surface area contributed by atoms with Crippen LogP contribution >= 0.6 is 11.6 Å². The third-order valence-corrected chi connectivity index (χ3v) is 8.53. The number of oxime groups is 1. The van der Waals surface area contributed by atoms with Crippen molar-refractivity contribution in [2.75, 3.05) is 40.1 Å². The third kappa shape index (κ3) is 7.95. The minimum Gasteiger partial charge on any atom is -0.494 e. The van der Waals surface area contributed by atoms with Crippen LogP contribution in [-0.2, 0) is 40.7 Å². The molecule has 2 aromatic carbocycles. The normalized spacial score (nSPS) is 26.4. The second kappa shape index (κ2) is 16.9. The summed E-state index contributed by atoms with van der Waals surface area (Å²) in [7, 11) is 1.52. The number of hydrogen-bond donors (Lipinski definition) is 0. The van der Waals surface area contributed by atoms with Crippen LogP contribution in [0.3, 0.4) is 0 Å². The van der Waals surface area contributed by atoms with Gasteiger partial charge in [-0.25, -0.2) is 0 Å². The van der Waals surface area contributed by atoms with Crippen molar-refractivity contribution in [2.45, 2.75) is 102 Å². The van der Waals surface area contributed by atoms with Gasteiger partial charge in [-0.15, -0.1) is 0 Å². The first-order valence-electron chi connectivity index (χ1n) is 16.2. The van der Waals surface area contributed by atoms with Crippen LogP contribution in [0.25, 0.3) is 0 Å². The molecule has 2 bridgehead atoms. The summed E-state index contributed by atoms with van der Waals surface area (Å²) in [4.78, 5) is 5.15. The molecule has 2 saturated heterocycles.